The molecule has 2 aliphatic heterocycles. The standard InChI is InChI=1S/C24H27N3O4S/c1-3-27-22(28)20(16-19-11-12-21(31-19)26-13-6-5-7-14-26)32-24(27)25-18-10-8-9-17(15-18)23(29)30-4-2/h8-12,15-16H,3-7,13-14H2,1-2H3. The number of carbonyl (C=O) groups is 2. The van der Waals surface area contributed by atoms with Crippen LogP contribution in [-0.2, 0) is 9.53 Å². The molecule has 0 unspecified atom stereocenters. The number of piperidine rings is 1. The first-order valence-electron chi connectivity index (χ1n) is 11.0. The molecule has 0 spiro atoms. The van der Waals surface area contributed by atoms with Gasteiger partial charge in [0.1, 0.15) is 5.76 Å². The third-order valence-corrected chi connectivity index (χ3v) is 6.35. The number of rotatable bonds is 6. The van der Waals surface area contributed by atoms with Crippen molar-refractivity contribution in [2.75, 3.05) is 31.1 Å². The third kappa shape index (κ3) is 4.91. The summed E-state index contributed by atoms with van der Waals surface area (Å²) in [7, 11) is 0. The summed E-state index contributed by atoms with van der Waals surface area (Å²) in [5, 5.41) is 0.576. The van der Waals surface area contributed by atoms with Crippen molar-refractivity contribution >= 4 is 46.5 Å². The van der Waals surface area contributed by atoms with Crippen LogP contribution < -0.4 is 4.90 Å². The maximum Gasteiger partial charge on any atom is 0.338 e. The Morgan fingerprint density at radius 2 is 2.00 bits per heavy atom. The molecular weight excluding hydrogens is 426 g/mol. The Morgan fingerprint density at radius 3 is 2.75 bits per heavy atom. The molecule has 2 aromatic rings. The Morgan fingerprint density at radius 1 is 1.19 bits per heavy atom. The van der Waals surface area contributed by atoms with Gasteiger partial charge in [-0.2, -0.15) is 0 Å². The molecule has 2 aliphatic rings. The molecule has 0 saturated carbocycles. The zero-order valence-electron chi connectivity index (χ0n) is 18.4. The maximum atomic E-state index is 12.9. The Balaban J connectivity index is 1.55. The van der Waals surface area contributed by atoms with Gasteiger partial charge in [-0.05, 0) is 69.1 Å². The average Bonchev–Trinajstić information content (AvgIpc) is 3.39. The molecule has 0 N–H and O–H groups in total. The Kier molecular flexibility index (Phi) is 6.99. The Hall–Kier alpha value is -3.00. The second kappa shape index (κ2) is 10.1. The lowest BCUT2D eigenvalue weighted by Crippen LogP contribution is -2.28. The number of nitrogens with zero attached hydrogens (tertiary/aromatic N) is 3. The fourth-order valence-electron chi connectivity index (χ4n) is 3.73. The van der Waals surface area contributed by atoms with Crippen molar-refractivity contribution in [1.82, 2.24) is 4.90 Å². The summed E-state index contributed by atoms with van der Waals surface area (Å²) in [5.41, 5.74) is 1.03. The summed E-state index contributed by atoms with van der Waals surface area (Å²) < 4.78 is 11.1. The molecule has 32 heavy (non-hydrogen) atoms. The number of thioether (sulfide) groups is 1. The molecule has 0 bridgehead atoms. The SMILES string of the molecule is CCOC(=O)c1cccc(N=C2SC(=Cc3ccc(N4CCCCC4)o3)C(=O)N2CC)c1. The monoisotopic (exact) mass is 453 g/mol. The van der Waals surface area contributed by atoms with Crippen molar-refractivity contribution in [2.24, 2.45) is 4.99 Å². The molecule has 1 aromatic carbocycles. The molecule has 7 nitrogen and oxygen atoms in total. The number of hydrogen-bond acceptors (Lipinski definition) is 7. The highest BCUT2D eigenvalue weighted by molar-refractivity contribution is 8.18. The van der Waals surface area contributed by atoms with Gasteiger partial charge >= 0.3 is 5.97 Å². The number of likely N-dealkylation sites (N-methyl/N-ethyl adjacent to an activating group) is 1. The number of ether oxygens (including phenoxy) is 1. The third-order valence-electron chi connectivity index (χ3n) is 5.34. The number of hydrogen-bond donors (Lipinski definition) is 0. The molecule has 2 fully saturated rings. The smallest absolute Gasteiger partial charge is 0.338 e. The van der Waals surface area contributed by atoms with Crippen LogP contribution in [0.4, 0.5) is 11.6 Å². The van der Waals surface area contributed by atoms with Gasteiger partial charge in [0.25, 0.3) is 5.91 Å². The second-order valence-corrected chi connectivity index (χ2v) is 8.56. The highest BCUT2D eigenvalue weighted by Crippen LogP contribution is 2.35. The van der Waals surface area contributed by atoms with E-state index >= 15 is 0 Å². The summed E-state index contributed by atoms with van der Waals surface area (Å²) in [5.74, 6) is 1.01. The summed E-state index contributed by atoms with van der Waals surface area (Å²) in [6.07, 6.45) is 5.39. The van der Waals surface area contributed by atoms with Crippen molar-refractivity contribution in [3.63, 3.8) is 0 Å². The van der Waals surface area contributed by atoms with E-state index in [1.165, 1.54) is 31.0 Å². The van der Waals surface area contributed by atoms with E-state index in [2.05, 4.69) is 9.89 Å². The quantitative estimate of drug-likeness (QED) is 0.449. The number of carbonyl (C=O) groups excluding carboxylic acids is 2. The summed E-state index contributed by atoms with van der Waals surface area (Å²) >= 11 is 1.31. The second-order valence-electron chi connectivity index (χ2n) is 7.55. The Bertz CT molecular complexity index is 1050. The van der Waals surface area contributed by atoms with Gasteiger partial charge in [0.2, 0.25) is 0 Å². The van der Waals surface area contributed by atoms with Crippen LogP contribution in [0.15, 0.2) is 50.7 Å². The normalized spacial score (nSPS) is 19.2. The zero-order valence-corrected chi connectivity index (χ0v) is 19.2. The molecule has 0 atom stereocenters. The molecule has 3 heterocycles. The van der Waals surface area contributed by atoms with Crippen LogP contribution in [0.25, 0.3) is 6.08 Å². The number of benzene rings is 1. The summed E-state index contributed by atoms with van der Waals surface area (Å²) in [6.45, 7) is 6.49. The highest BCUT2D eigenvalue weighted by Gasteiger charge is 2.32. The van der Waals surface area contributed by atoms with E-state index < -0.39 is 0 Å². The fourth-order valence-corrected chi connectivity index (χ4v) is 4.77. The molecule has 8 heteroatoms. The number of esters is 1. The lowest BCUT2D eigenvalue weighted by Gasteiger charge is -2.25. The van der Waals surface area contributed by atoms with E-state index in [1.54, 1.807) is 42.2 Å². The number of anilines is 1. The molecule has 1 aromatic heterocycles. The van der Waals surface area contributed by atoms with Crippen LogP contribution in [0, 0.1) is 0 Å². The van der Waals surface area contributed by atoms with E-state index in [0.29, 0.717) is 40.2 Å². The lowest BCUT2D eigenvalue weighted by atomic mass is 10.1. The average molecular weight is 454 g/mol. The molecular formula is C24H27N3O4S. The highest BCUT2D eigenvalue weighted by atomic mass is 32.2. The fraction of sp³-hybridized carbons (Fsp3) is 0.375. The number of furan rings is 1. The molecule has 2 saturated heterocycles. The molecule has 168 valence electrons. The van der Waals surface area contributed by atoms with E-state index in [9.17, 15) is 9.59 Å². The van der Waals surface area contributed by atoms with Crippen molar-refractivity contribution < 1.29 is 18.7 Å². The maximum absolute atomic E-state index is 12.9. The predicted octanol–water partition coefficient (Wildman–Crippen LogP) is 5.07. The minimum absolute atomic E-state index is 0.103. The first kappa shape index (κ1) is 22.2. The first-order valence-corrected chi connectivity index (χ1v) is 11.8. The van der Waals surface area contributed by atoms with Crippen LogP contribution >= 0.6 is 11.8 Å². The van der Waals surface area contributed by atoms with Gasteiger partial charge in [-0.1, -0.05) is 6.07 Å². The van der Waals surface area contributed by atoms with Crippen molar-refractivity contribution in [2.45, 2.75) is 33.1 Å². The van der Waals surface area contributed by atoms with Crippen LogP contribution in [0.2, 0.25) is 0 Å². The van der Waals surface area contributed by atoms with Gasteiger partial charge in [0, 0.05) is 31.8 Å². The summed E-state index contributed by atoms with van der Waals surface area (Å²) in [6, 6.07) is 10.8. The van der Waals surface area contributed by atoms with E-state index in [4.69, 9.17) is 9.15 Å². The topological polar surface area (TPSA) is 75.3 Å². The largest absolute Gasteiger partial charge is 0.462 e. The van der Waals surface area contributed by atoms with Crippen molar-refractivity contribution in [1.29, 1.82) is 0 Å². The predicted molar refractivity (Wildman–Crippen MR) is 127 cm³/mol. The van der Waals surface area contributed by atoms with Gasteiger partial charge in [0.15, 0.2) is 11.1 Å². The van der Waals surface area contributed by atoms with Gasteiger partial charge in [-0.15, -0.1) is 0 Å². The van der Waals surface area contributed by atoms with Crippen LogP contribution in [-0.4, -0.2) is 48.2 Å². The number of amidine groups is 1. The van der Waals surface area contributed by atoms with Gasteiger partial charge in [0.05, 0.1) is 22.8 Å². The van der Waals surface area contributed by atoms with Crippen LogP contribution in [0.1, 0.15) is 49.2 Å². The Labute approximate surface area is 192 Å². The zero-order chi connectivity index (χ0) is 22.5. The van der Waals surface area contributed by atoms with Gasteiger partial charge in [-0.3, -0.25) is 9.69 Å². The number of aliphatic imine (C=N–C) groups is 1. The van der Waals surface area contributed by atoms with Crippen molar-refractivity contribution in [3.8, 4) is 0 Å². The van der Waals surface area contributed by atoms with Crippen LogP contribution in [0.3, 0.4) is 0 Å². The molecule has 1 amide bonds. The molecule has 0 aliphatic carbocycles. The number of amides is 1. The lowest BCUT2D eigenvalue weighted by molar-refractivity contribution is -0.122. The minimum Gasteiger partial charge on any atom is -0.462 e. The van der Waals surface area contributed by atoms with E-state index in [0.717, 1.165) is 19.0 Å². The van der Waals surface area contributed by atoms with E-state index in [1.807, 2.05) is 19.1 Å². The van der Waals surface area contributed by atoms with Gasteiger partial charge < -0.3 is 14.1 Å². The molecule has 0 radical (unpaired) electrons. The van der Waals surface area contributed by atoms with E-state index in [-0.39, 0.29) is 11.9 Å². The van der Waals surface area contributed by atoms with Crippen molar-refractivity contribution in [3.05, 3.63) is 52.6 Å². The first-order chi connectivity index (χ1) is 15.6. The van der Waals surface area contributed by atoms with Gasteiger partial charge in [-0.25, -0.2) is 9.79 Å². The molecule has 4 rings (SSSR count). The summed E-state index contributed by atoms with van der Waals surface area (Å²) in [4.78, 5) is 34.0. The van der Waals surface area contributed by atoms with Crippen LogP contribution in [0.5, 0.6) is 0 Å². The minimum atomic E-state index is -0.389.